The SMILES string of the molecule is O=C(COc1ccc(Cl)cc1)NCCBr. The summed E-state index contributed by atoms with van der Waals surface area (Å²) in [6, 6.07) is 6.88. The number of hydrogen-bond donors (Lipinski definition) is 1. The van der Waals surface area contributed by atoms with E-state index in [-0.39, 0.29) is 12.5 Å². The minimum absolute atomic E-state index is 0.0225. The van der Waals surface area contributed by atoms with Gasteiger partial charge in [-0.1, -0.05) is 27.5 Å². The Morgan fingerprint density at radius 1 is 1.40 bits per heavy atom. The highest BCUT2D eigenvalue weighted by atomic mass is 79.9. The first kappa shape index (κ1) is 12.3. The van der Waals surface area contributed by atoms with Crippen molar-refractivity contribution in [3.8, 4) is 5.75 Å². The van der Waals surface area contributed by atoms with E-state index in [1.54, 1.807) is 24.3 Å². The van der Waals surface area contributed by atoms with Crippen molar-refractivity contribution < 1.29 is 9.53 Å². The van der Waals surface area contributed by atoms with Crippen molar-refractivity contribution in [1.29, 1.82) is 0 Å². The Bertz CT molecular complexity index is 316. The molecule has 1 aromatic carbocycles. The van der Waals surface area contributed by atoms with Crippen molar-refractivity contribution in [2.24, 2.45) is 0 Å². The van der Waals surface area contributed by atoms with Crippen LogP contribution in [-0.4, -0.2) is 24.4 Å². The third-order valence-corrected chi connectivity index (χ3v) is 2.25. The van der Waals surface area contributed by atoms with Crippen LogP contribution in [0.2, 0.25) is 5.02 Å². The first-order valence-electron chi connectivity index (χ1n) is 4.43. The summed E-state index contributed by atoms with van der Waals surface area (Å²) in [6.45, 7) is 0.622. The molecule has 82 valence electrons. The van der Waals surface area contributed by atoms with E-state index in [0.717, 1.165) is 5.33 Å². The summed E-state index contributed by atoms with van der Waals surface area (Å²) < 4.78 is 5.23. The van der Waals surface area contributed by atoms with Crippen molar-refractivity contribution in [2.75, 3.05) is 18.5 Å². The molecule has 5 heteroatoms. The van der Waals surface area contributed by atoms with Crippen LogP contribution in [0.4, 0.5) is 0 Å². The lowest BCUT2D eigenvalue weighted by atomic mass is 10.3. The van der Waals surface area contributed by atoms with Gasteiger partial charge in [-0.05, 0) is 24.3 Å². The number of amides is 1. The lowest BCUT2D eigenvalue weighted by Gasteiger charge is -2.06. The number of nitrogens with one attached hydrogen (secondary N) is 1. The van der Waals surface area contributed by atoms with Crippen molar-refractivity contribution in [3.63, 3.8) is 0 Å². The van der Waals surface area contributed by atoms with Crippen LogP contribution in [-0.2, 0) is 4.79 Å². The number of carbonyl (C=O) groups excluding carboxylic acids is 1. The second kappa shape index (κ2) is 6.69. The molecule has 0 saturated carbocycles. The first-order valence-corrected chi connectivity index (χ1v) is 5.93. The predicted molar refractivity (Wildman–Crippen MR) is 63.8 cm³/mol. The Morgan fingerprint density at radius 3 is 2.67 bits per heavy atom. The van der Waals surface area contributed by atoms with E-state index in [2.05, 4.69) is 21.2 Å². The molecule has 0 fully saturated rings. The normalized spacial score (nSPS) is 9.73. The van der Waals surface area contributed by atoms with E-state index in [4.69, 9.17) is 16.3 Å². The topological polar surface area (TPSA) is 38.3 Å². The number of rotatable bonds is 5. The molecule has 1 rings (SSSR count). The van der Waals surface area contributed by atoms with E-state index in [1.807, 2.05) is 0 Å². The molecule has 0 atom stereocenters. The highest BCUT2D eigenvalue weighted by Gasteiger charge is 2.01. The Morgan fingerprint density at radius 2 is 2.07 bits per heavy atom. The summed E-state index contributed by atoms with van der Waals surface area (Å²) in [5.41, 5.74) is 0. The van der Waals surface area contributed by atoms with E-state index in [9.17, 15) is 4.79 Å². The fraction of sp³-hybridized carbons (Fsp3) is 0.300. The van der Waals surface area contributed by atoms with Crippen molar-refractivity contribution in [3.05, 3.63) is 29.3 Å². The smallest absolute Gasteiger partial charge is 0.257 e. The maximum absolute atomic E-state index is 11.2. The minimum Gasteiger partial charge on any atom is -0.484 e. The molecular weight excluding hydrogens is 281 g/mol. The molecule has 0 heterocycles. The van der Waals surface area contributed by atoms with Crippen LogP contribution in [0.5, 0.6) is 5.75 Å². The van der Waals surface area contributed by atoms with Gasteiger partial charge in [-0.3, -0.25) is 4.79 Å². The molecule has 0 spiro atoms. The van der Waals surface area contributed by atoms with E-state index in [1.165, 1.54) is 0 Å². The standard InChI is InChI=1S/C10H11BrClNO2/c11-5-6-13-10(14)7-15-9-3-1-8(12)2-4-9/h1-4H,5-7H2,(H,13,14). The van der Waals surface area contributed by atoms with Gasteiger partial charge in [0.05, 0.1) is 0 Å². The Balaban J connectivity index is 2.30. The van der Waals surface area contributed by atoms with Gasteiger partial charge in [-0.25, -0.2) is 0 Å². The van der Waals surface area contributed by atoms with E-state index < -0.39 is 0 Å². The molecule has 0 aliphatic rings. The third-order valence-electron chi connectivity index (χ3n) is 1.60. The zero-order valence-electron chi connectivity index (χ0n) is 8.00. The lowest BCUT2D eigenvalue weighted by Crippen LogP contribution is -2.30. The fourth-order valence-electron chi connectivity index (χ4n) is 0.917. The lowest BCUT2D eigenvalue weighted by molar-refractivity contribution is -0.122. The highest BCUT2D eigenvalue weighted by Crippen LogP contribution is 2.15. The van der Waals surface area contributed by atoms with Gasteiger partial charge in [0.15, 0.2) is 6.61 Å². The molecule has 0 radical (unpaired) electrons. The summed E-state index contributed by atoms with van der Waals surface area (Å²) in [5, 5.41) is 4.06. The van der Waals surface area contributed by atoms with Crippen LogP contribution in [0.3, 0.4) is 0 Å². The van der Waals surface area contributed by atoms with Crippen LogP contribution < -0.4 is 10.1 Å². The largest absolute Gasteiger partial charge is 0.484 e. The second-order valence-corrected chi connectivity index (χ2v) is 4.01. The molecule has 15 heavy (non-hydrogen) atoms. The van der Waals surface area contributed by atoms with Crippen LogP contribution in [0, 0.1) is 0 Å². The number of halogens is 2. The number of ether oxygens (including phenoxy) is 1. The monoisotopic (exact) mass is 291 g/mol. The Kier molecular flexibility index (Phi) is 5.50. The van der Waals surface area contributed by atoms with Gasteiger partial charge in [0.2, 0.25) is 0 Å². The summed E-state index contributed by atoms with van der Waals surface area (Å²) in [7, 11) is 0. The third kappa shape index (κ3) is 5.04. The van der Waals surface area contributed by atoms with Crippen molar-refractivity contribution in [1.82, 2.24) is 5.32 Å². The highest BCUT2D eigenvalue weighted by molar-refractivity contribution is 9.09. The average molecular weight is 293 g/mol. The minimum atomic E-state index is -0.135. The molecule has 0 aliphatic carbocycles. The van der Waals surface area contributed by atoms with Gasteiger partial charge in [-0.15, -0.1) is 0 Å². The van der Waals surface area contributed by atoms with Crippen molar-refractivity contribution in [2.45, 2.75) is 0 Å². The van der Waals surface area contributed by atoms with Gasteiger partial charge < -0.3 is 10.1 Å². The Hall–Kier alpha value is -0.740. The van der Waals surface area contributed by atoms with Crippen LogP contribution in [0.25, 0.3) is 0 Å². The zero-order chi connectivity index (χ0) is 11.1. The summed E-state index contributed by atoms with van der Waals surface area (Å²) in [6.07, 6.45) is 0. The first-order chi connectivity index (χ1) is 7.22. The number of carbonyl (C=O) groups is 1. The molecule has 0 saturated heterocycles. The Labute approximate surface area is 102 Å². The molecule has 1 N–H and O–H groups in total. The van der Waals surface area contributed by atoms with Crippen LogP contribution in [0.15, 0.2) is 24.3 Å². The van der Waals surface area contributed by atoms with E-state index >= 15 is 0 Å². The van der Waals surface area contributed by atoms with E-state index in [0.29, 0.717) is 17.3 Å². The average Bonchev–Trinajstić information content (AvgIpc) is 2.25. The van der Waals surface area contributed by atoms with Gasteiger partial charge in [0.25, 0.3) is 5.91 Å². The zero-order valence-corrected chi connectivity index (χ0v) is 10.3. The summed E-state index contributed by atoms with van der Waals surface area (Å²) in [5.74, 6) is 0.498. The maximum Gasteiger partial charge on any atom is 0.257 e. The molecular formula is C10H11BrClNO2. The van der Waals surface area contributed by atoms with Gasteiger partial charge in [0, 0.05) is 16.9 Å². The predicted octanol–water partition coefficient (Wildman–Crippen LogP) is 2.23. The second-order valence-electron chi connectivity index (χ2n) is 2.78. The molecule has 0 unspecified atom stereocenters. The van der Waals surface area contributed by atoms with Crippen LogP contribution >= 0.6 is 27.5 Å². The molecule has 0 aliphatic heterocycles. The fourth-order valence-corrected chi connectivity index (χ4v) is 1.24. The number of alkyl halides is 1. The molecule has 1 amide bonds. The molecule has 0 aromatic heterocycles. The molecule has 0 bridgehead atoms. The van der Waals surface area contributed by atoms with Crippen LogP contribution in [0.1, 0.15) is 0 Å². The van der Waals surface area contributed by atoms with Crippen molar-refractivity contribution >= 4 is 33.4 Å². The number of benzene rings is 1. The van der Waals surface area contributed by atoms with Gasteiger partial charge in [0.1, 0.15) is 5.75 Å². The van der Waals surface area contributed by atoms with Gasteiger partial charge >= 0.3 is 0 Å². The molecule has 3 nitrogen and oxygen atoms in total. The molecule has 1 aromatic rings. The summed E-state index contributed by atoms with van der Waals surface area (Å²) >= 11 is 8.91. The maximum atomic E-state index is 11.2. The summed E-state index contributed by atoms with van der Waals surface area (Å²) in [4.78, 5) is 11.2. The number of hydrogen-bond acceptors (Lipinski definition) is 2. The van der Waals surface area contributed by atoms with Gasteiger partial charge in [-0.2, -0.15) is 0 Å². The quantitative estimate of drug-likeness (QED) is 0.845.